The zero-order chi connectivity index (χ0) is 18.7. The van der Waals surface area contributed by atoms with Crippen LogP contribution in [0.5, 0.6) is 5.75 Å². The smallest absolute Gasteiger partial charge is 0.259 e. The van der Waals surface area contributed by atoms with Gasteiger partial charge in [-0.15, -0.1) is 12.4 Å². The van der Waals surface area contributed by atoms with E-state index in [2.05, 4.69) is 6.92 Å². The first kappa shape index (κ1) is 21.6. The Morgan fingerprint density at radius 2 is 1.93 bits per heavy atom. The summed E-state index contributed by atoms with van der Waals surface area (Å²) in [5.74, 6) is 1.22. The highest BCUT2D eigenvalue weighted by atomic mass is 35.5. The van der Waals surface area contributed by atoms with Gasteiger partial charge in [-0.2, -0.15) is 0 Å². The van der Waals surface area contributed by atoms with Crippen molar-refractivity contribution in [2.75, 3.05) is 6.61 Å². The molecule has 0 unspecified atom stereocenters. The first-order valence-corrected chi connectivity index (χ1v) is 9.22. The van der Waals surface area contributed by atoms with Crippen molar-refractivity contribution < 1.29 is 9.15 Å². The van der Waals surface area contributed by atoms with Gasteiger partial charge >= 0.3 is 0 Å². The van der Waals surface area contributed by atoms with Gasteiger partial charge in [0.05, 0.1) is 40.5 Å². The van der Waals surface area contributed by atoms with Gasteiger partial charge in [0.1, 0.15) is 11.5 Å². The van der Waals surface area contributed by atoms with E-state index in [9.17, 15) is 4.79 Å². The van der Waals surface area contributed by atoms with Crippen LogP contribution in [0.25, 0.3) is 10.8 Å². The molecule has 0 saturated carbocycles. The van der Waals surface area contributed by atoms with Gasteiger partial charge in [0.2, 0.25) is 0 Å². The van der Waals surface area contributed by atoms with Gasteiger partial charge in [0.15, 0.2) is 0 Å². The Hall–Kier alpha value is -1.66. The zero-order valence-corrected chi connectivity index (χ0v) is 17.2. The van der Waals surface area contributed by atoms with E-state index in [0.717, 1.165) is 12.8 Å². The lowest BCUT2D eigenvalue weighted by atomic mass is 10.1. The molecule has 0 amide bonds. The number of halogens is 3. The fourth-order valence-corrected chi connectivity index (χ4v) is 3.19. The molecule has 3 rings (SSSR count). The van der Waals surface area contributed by atoms with Crippen molar-refractivity contribution in [2.24, 2.45) is 5.73 Å². The molecule has 0 fully saturated rings. The van der Waals surface area contributed by atoms with Gasteiger partial charge in [-0.3, -0.25) is 9.36 Å². The summed E-state index contributed by atoms with van der Waals surface area (Å²) >= 11 is 12.3. The molecule has 146 valence electrons. The normalized spacial score (nSPS) is 10.8. The van der Waals surface area contributed by atoms with Crippen LogP contribution in [0.3, 0.4) is 0 Å². The number of hydrogen-bond donors (Lipinski definition) is 1. The molecule has 5 nitrogen and oxygen atoms in total. The first-order chi connectivity index (χ1) is 12.6. The zero-order valence-electron chi connectivity index (χ0n) is 14.8. The molecular weight excluding hydrogens is 411 g/mol. The summed E-state index contributed by atoms with van der Waals surface area (Å²) in [7, 11) is 0. The molecular formula is C19H21Cl3N2O3. The molecule has 8 heteroatoms. The molecule has 2 heterocycles. The highest BCUT2D eigenvalue weighted by Gasteiger charge is 2.19. The number of fused-ring (bicyclic) bond motifs is 1. The van der Waals surface area contributed by atoms with Gasteiger partial charge in [-0.05, 0) is 30.7 Å². The molecule has 0 radical (unpaired) electrons. The Bertz CT molecular complexity index is 969. The third-order valence-electron chi connectivity index (χ3n) is 4.20. The standard InChI is InChI=1S/C19H20Cl2N2O3.ClH/c1-2-3-6-26-18-13-8-15(20)16(21)9-14(13)19(24)23(17(18)10-22)11-12-5-4-7-25-12;/h4-5,7-9H,2-3,6,10-11,22H2,1H3;1H. The number of unbranched alkanes of at least 4 members (excludes halogenated alkanes) is 1. The number of benzene rings is 1. The topological polar surface area (TPSA) is 70.4 Å². The van der Waals surface area contributed by atoms with Crippen LogP contribution in [0.1, 0.15) is 31.2 Å². The van der Waals surface area contributed by atoms with Crippen molar-refractivity contribution in [2.45, 2.75) is 32.9 Å². The van der Waals surface area contributed by atoms with E-state index in [-0.39, 0.29) is 31.1 Å². The van der Waals surface area contributed by atoms with E-state index in [1.165, 1.54) is 0 Å². The first-order valence-electron chi connectivity index (χ1n) is 8.46. The number of rotatable bonds is 7. The SMILES string of the molecule is CCCCOc1c(CN)n(Cc2ccco2)c(=O)c2cc(Cl)c(Cl)cc12.Cl. The second-order valence-corrected chi connectivity index (χ2v) is 6.78. The summed E-state index contributed by atoms with van der Waals surface area (Å²) in [6, 6.07) is 6.83. The number of hydrogen-bond acceptors (Lipinski definition) is 4. The Labute approximate surface area is 173 Å². The van der Waals surface area contributed by atoms with Crippen molar-refractivity contribution in [1.29, 1.82) is 0 Å². The third kappa shape index (κ3) is 4.43. The van der Waals surface area contributed by atoms with Crippen LogP contribution >= 0.6 is 35.6 Å². The van der Waals surface area contributed by atoms with Crippen molar-refractivity contribution in [3.8, 4) is 5.75 Å². The highest BCUT2D eigenvalue weighted by Crippen LogP contribution is 2.34. The number of aromatic nitrogens is 1. The number of nitrogens with zero attached hydrogens (tertiary/aromatic N) is 1. The molecule has 0 aliphatic carbocycles. The van der Waals surface area contributed by atoms with Gasteiger partial charge in [-0.1, -0.05) is 36.5 Å². The summed E-state index contributed by atoms with van der Waals surface area (Å²) in [4.78, 5) is 13.1. The number of ether oxygens (including phenoxy) is 1. The predicted octanol–water partition coefficient (Wildman–Crippen LogP) is 5.01. The van der Waals surface area contributed by atoms with E-state index in [1.54, 1.807) is 29.0 Å². The summed E-state index contributed by atoms with van der Waals surface area (Å²) in [5, 5.41) is 1.75. The van der Waals surface area contributed by atoms with Crippen molar-refractivity contribution >= 4 is 46.4 Å². The van der Waals surface area contributed by atoms with Crippen molar-refractivity contribution in [3.05, 3.63) is 62.4 Å². The van der Waals surface area contributed by atoms with Gasteiger partial charge < -0.3 is 14.9 Å². The number of pyridine rings is 1. The molecule has 0 spiro atoms. The minimum atomic E-state index is -0.210. The van der Waals surface area contributed by atoms with Crippen LogP contribution in [0.4, 0.5) is 0 Å². The molecule has 3 aromatic rings. The van der Waals surface area contributed by atoms with E-state index in [0.29, 0.717) is 44.6 Å². The van der Waals surface area contributed by atoms with Crippen LogP contribution in [0, 0.1) is 0 Å². The second kappa shape index (κ2) is 9.51. The Kier molecular flexibility index (Phi) is 7.62. The minimum absolute atomic E-state index is 0. The summed E-state index contributed by atoms with van der Waals surface area (Å²) in [6.45, 7) is 3.02. The maximum absolute atomic E-state index is 13.1. The van der Waals surface area contributed by atoms with Crippen LogP contribution in [-0.4, -0.2) is 11.2 Å². The monoisotopic (exact) mass is 430 g/mol. The summed E-state index contributed by atoms with van der Waals surface area (Å²) < 4.78 is 13.0. The molecule has 0 aliphatic rings. The molecule has 27 heavy (non-hydrogen) atoms. The van der Waals surface area contributed by atoms with Gasteiger partial charge in [0.25, 0.3) is 5.56 Å². The van der Waals surface area contributed by atoms with Crippen LogP contribution < -0.4 is 16.0 Å². The second-order valence-electron chi connectivity index (χ2n) is 5.96. The van der Waals surface area contributed by atoms with Crippen LogP contribution in [0.15, 0.2) is 39.7 Å². The van der Waals surface area contributed by atoms with Crippen molar-refractivity contribution in [3.63, 3.8) is 0 Å². The fourth-order valence-electron chi connectivity index (χ4n) is 2.87. The largest absolute Gasteiger partial charge is 0.491 e. The lowest BCUT2D eigenvalue weighted by Crippen LogP contribution is -2.27. The Balaban J connectivity index is 0.00000261. The van der Waals surface area contributed by atoms with E-state index in [4.69, 9.17) is 38.1 Å². The Morgan fingerprint density at radius 1 is 1.22 bits per heavy atom. The molecule has 0 bridgehead atoms. The quantitative estimate of drug-likeness (QED) is 0.534. The van der Waals surface area contributed by atoms with E-state index >= 15 is 0 Å². The third-order valence-corrected chi connectivity index (χ3v) is 4.92. The van der Waals surface area contributed by atoms with Crippen molar-refractivity contribution in [1.82, 2.24) is 4.57 Å². The molecule has 2 aromatic heterocycles. The number of nitrogens with two attached hydrogens (primary N) is 1. The lowest BCUT2D eigenvalue weighted by molar-refractivity contribution is 0.305. The van der Waals surface area contributed by atoms with E-state index in [1.807, 2.05) is 6.07 Å². The maximum atomic E-state index is 13.1. The Morgan fingerprint density at radius 3 is 2.52 bits per heavy atom. The predicted molar refractivity (Wildman–Crippen MR) is 112 cm³/mol. The average Bonchev–Trinajstić information content (AvgIpc) is 3.14. The molecule has 0 aliphatic heterocycles. The van der Waals surface area contributed by atoms with Gasteiger partial charge in [0, 0.05) is 11.9 Å². The summed E-state index contributed by atoms with van der Waals surface area (Å²) in [6.07, 6.45) is 3.46. The summed E-state index contributed by atoms with van der Waals surface area (Å²) in [5.41, 5.74) is 6.38. The molecule has 0 atom stereocenters. The van der Waals surface area contributed by atoms with Crippen LogP contribution in [-0.2, 0) is 13.1 Å². The molecule has 1 aromatic carbocycles. The van der Waals surface area contributed by atoms with Gasteiger partial charge in [-0.25, -0.2) is 0 Å². The molecule has 2 N–H and O–H groups in total. The molecule has 0 saturated heterocycles. The van der Waals surface area contributed by atoms with E-state index < -0.39 is 0 Å². The fraction of sp³-hybridized carbons (Fsp3) is 0.316. The number of furan rings is 1. The minimum Gasteiger partial charge on any atom is -0.491 e. The lowest BCUT2D eigenvalue weighted by Gasteiger charge is -2.19. The maximum Gasteiger partial charge on any atom is 0.259 e. The highest BCUT2D eigenvalue weighted by molar-refractivity contribution is 6.42. The van der Waals surface area contributed by atoms with Crippen LogP contribution in [0.2, 0.25) is 10.0 Å². The average molecular weight is 432 g/mol.